The molecule has 7 nitrogen and oxygen atoms in total. The maximum Gasteiger partial charge on any atom is 0.234 e. The first-order valence-electron chi connectivity index (χ1n) is 9.69. The molecule has 0 radical (unpaired) electrons. The van der Waals surface area contributed by atoms with E-state index >= 15 is 0 Å². The SMILES string of the molecule is CCC(=O)N1[C@H](CO)[C@H](c2ccccc2)[C@H]1CNC(=O)CN1CCOCC1. The lowest BCUT2D eigenvalue weighted by atomic mass is 9.75. The van der Waals surface area contributed by atoms with E-state index in [-0.39, 0.29) is 36.4 Å². The van der Waals surface area contributed by atoms with Gasteiger partial charge in [-0.2, -0.15) is 0 Å². The normalized spacial score (nSPS) is 25.7. The zero-order valence-corrected chi connectivity index (χ0v) is 15.8. The summed E-state index contributed by atoms with van der Waals surface area (Å²) in [7, 11) is 0. The second-order valence-corrected chi connectivity index (χ2v) is 7.10. The van der Waals surface area contributed by atoms with Crippen LogP contribution in [0.5, 0.6) is 0 Å². The summed E-state index contributed by atoms with van der Waals surface area (Å²) in [5.74, 6) is -0.0101. The van der Waals surface area contributed by atoms with Crippen LogP contribution < -0.4 is 5.32 Å². The van der Waals surface area contributed by atoms with Crippen LogP contribution in [-0.4, -0.2) is 84.8 Å². The van der Waals surface area contributed by atoms with Crippen LogP contribution in [0, 0.1) is 0 Å². The van der Waals surface area contributed by atoms with Crippen LogP contribution in [0.15, 0.2) is 30.3 Å². The third-order valence-electron chi connectivity index (χ3n) is 5.48. The lowest BCUT2D eigenvalue weighted by molar-refractivity contribution is -0.150. The van der Waals surface area contributed by atoms with E-state index in [9.17, 15) is 14.7 Å². The average molecular weight is 375 g/mol. The number of carbonyl (C=O) groups excluding carboxylic acids is 2. The molecule has 7 heteroatoms. The van der Waals surface area contributed by atoms with E-state index in [1.807, 2.05) is 37.3 Å². The minimum Gasteiger partial charge on any atom is -0.394 e. The zero-order chi connectivity index (χ0) is 19.2. The van der Waals surface area contributed by atoms with Crippen LogP contribution in [-0.2, 0) is 14.3 Å². The number of nitrogens with one attached hydrogen (secondary N) is 1. The Hall–Kier alpha value is -1.96. The van der Waals surface area contributed by atoms with E-state index < -0.39 is 0 Å². The maximum absolute atomic E-state index is 12.4. The smallest absolute Gasteiger partial charge is 0.234 e. The number of likely N-dealkylation sites (tertiary alicyclic amines) is 1. The van der Waals surface area contributed by atoms with Gasteiger partial charge in [-0.15, -0.1) is 0 Å². The van der Waals surface area contributed by atoms with E-state index in [2.05, 4.69) is 10.2 Å². The number of benzene rings is 1. The number of carbonyl (C=O) groups is 2. The maximum atomic E-state index is 12.4. The molecule has 0 spiro atoms. The predicted octanol–water partition coefficient (Wildman–Crippen LogP) is 0.200. The van der Waals surface area contributed by atoms with Gasteiger partial charge in [-0.1, -0.05) is 37.3 Å². The van der Waals surface area contributed by atoms with Crippen LogP contribution >= 0.6 is 0 Å². The van der Waals surface area contributed by atoms with Gasteiger partial charge in [0.1, 0.15) is 0 Å². The molecule has 2 N–H and O–H groups in total. The number of morpholine rings is 1. The van der Waals surface area contributed by atoms with Gasteiger partial charge in [0, 0.05) is 32.0 Å². The summed E-state index contributed by atoms with van der Waals surface area (Å²) in [6.45, 7) is 5.31. The number of aliphatic hydroxyl groups is 1. The minimum atomic E-state index is -0.235. The van der Waals surface area contributed by atoms with Crippen LogP contribution in [0.25, 0.3) is 0 Å². The molecule has 27 heavy (non-hydrogen) atoms. The lowest BCUT2D eigenvalue weighted by Crippen LogP contribution is -2.68. The zero-order valence-electron chi connectivity index (χ0n) is 15.8. The highest BCUT2D eigenvalue weighted by molar-refractivity contribution is 5.80. The molecule has 2 fully saturated rings. The Kier molecular flexibility index (Phi) is 6.82. The van der Waals surface area contributed by atoms with Crippen molar-refractivity contribution in [2.24, 2.45) is 0 Å². The molecule has 2 heterocycles. The van der Waals surface area contributed by atoms with E-state index in [1.165, 1.54) is 0 Å². The molecule has 0 aromatic heterocycles. The van der Waals surface area contributed by atoms with Crippen molar-refractivity contribution >= 4 is 11.8 Å². The van der Waals surface area contributed by atoms with Gasteiger partial charge in [-0.05, 0) is 5.56 Å². The Balaban J connectivity index is 1.65. The molecular formula is C20H29N3O4. The van der Waals surface area contributed by atoms with Gasteiger partial charge in [0.2, 0.25) is 11.8 Å². The largest absolute Gasteiger partial charge is 0.394 e. The summed E-state index contributed by atoms with van der Waals surface area (Å²) in [5, 5.41) is 12.8. The number of ether oxygens (including phenoxy) is 1. The van der Waals surface area contributed by atoms with Crippen LogP contribution in [0.3, 0.4) is 0 Å². The molecule has 2 saturated heterocycles. The number of hydrogen-bond acceptors (Lipinski definition) is 5. The van der Waals surface area contributed by atoms with Crippen molar-refractivity contribution in [3.63, 3.8) is 0 Å². The molecule has 3 atom stereocenters. The highest BCUT2D eigenvalue weighted by Crippen LogP contribution is 2.40. The Morgan fingerprint density at radius 1 is 1.19 bits per heavy atom. The van der Waals surface area contributed by atoms with Gasteiger partial charge in [0.25, 0.3) is 0 Å². The van der Waals surface area contributed by atoms with E-state index in [1.54, 1.807) is 4.90 Å². The summed E-state index contributed by atoms with van der Waals surface area (Å²) in [4.78, 5) is 28.6. The summed E-state index contributed by atoms with van der Waals surface area (Å²) in [5.41, 5.74) is 1.09. The van der Waals surface area contributed by atoms with Gasteiger partial charge in [0.15, 0.2) is 0 Å². The third-order valence-corrected chi connectivity index (χ3v) is 5.48. The van der Waals surface area contributed by atoms with Gasteiger partial charge < -0.3 is 20.1 Å². The van der Waals surface area contributed by atoms with Crippen molar-refractivity contribution in [1.29, 1.82) is 0 Å². The number of aliphatic hydroxyl groups excluding tert-OH is 1. The molecule has 148 valence electrons. The minimum absolute atomic E-state index is 0.00802. The Bertz CT molecular complexity index is 633. The number of nitrogens with zero attached hydrogens (tertiary/aromatic N) is 2. The number of amides is 2. The summed E-state index contributed by atoms with van der Waals surface area (Å²) in [6, 6.07) is 9.54. The number of rotatable bonds is 7. The first kappa shape index (κ1) is 19.8. The summed E-state index contributed by atoms with van der Waals surface area (Å²) < 4.78 is 5.30. The molecule has 0 aliphatic carbocycles. The van der Waals surface area contributed by atoms with E-state index in [0.29, 0.717) is 32.7 Å². The highest BCUT2D eigenvalue weighted by atomic mass is 16.5. The van der Waals surface area contributed by atoms with E-state index in [4.69, 9.17) is 4.74 Å². The van der Waals surface area contributed by atoms with Crippen molar-refractivity contribution in [1.82, 2.24) is 15.1 Å². The standard InChI is InChI=1S/C20H29N3O4/c1-2-19(26)23-16(12-21-18(25)13-22-8-10-27-11-9-22)20(17(23)14-24)15-6-4-3-5-7-15/h3-7,16-17,20,24H,2,8-14H2,1H3,(H,21,25)/t16-,17-,20-/m1/s1. The molecule has 0 bridgehead atoms. The second kappa shape index (κ2) is 9.30. The average Bonchev–Trinajstić information content (AvgIpc) is 2.68. The van der Waals surface area contributed by atoms with Crippen LogP contribution in [0.2, 0.25) is 0 Å². The molecule has 2 amide bonds. The molecule has 2 aliphatic heterocycles. The topological polar surface area (TPSA) is 82.1 Å². The molecule has 1 aromatic carbocycles. The van der Waals surface area contributed by atoms with Crippen molar-refractivity contribution in [3.05, 3.63) is 35.9 Å². The molecule has 3 rings (SSSR count). The first-order chi connectivity index (χ1) is 13.2. The van der Waals surface area contributed by atoms with Crippen molar-refractivity contribution in [2.45, 2.75) is 31.3 Å². The molecule has 1 aromatic rings. The van der Waals surface area contributed by atoms with Crippen LogP contribution in [0.4, 0.5) is 0 Å². The van der Waals surface area contributed by atoms with Crippen LogP contribution in [0.1, 0.15) is 24.8 Å². The van der Waals surface area contributed by atoms with Gasteiger partial charge in [-0.3, -0.25) is 14.5 Å². The molecule has 2 aliphatic rings. The first-order valence-corrected chi connectivity index (χ1v) is 9.69. The third kappa shape index (κ3) is 4.48. The Labute approximate surface area is 160 Å². The fraction of sp³-hybridized carbons (Fsp3) is 0.600. The van der Waals surface area contributed by atoms with Gasteiger partial charge >= 0.3 is 0 Å². The van der Waals surface area contributed by atoms with Gasteiger partial charge in [0.05, 0.1) is 38.4 Å². The summed E-state index contributed by atoms with van der Waals surface area (Å²) >= 11 is 0. The van der Waals surface area contributed by atoms with Crippen molar-refractivity contribution < 1.29 is 19.4 Å². The molecule has 0 saturated carbocycles. The monoisotopic (exact) mass is 375 g/mol. The van der Waals surface area contributed by atoms with Crippen molar-refractivity contribution in [2.75, 3.05) is 46.0 Å². The lowest BCUT2D eigenvalue weighted by Gasteiger charge is -2.55. The second-order valence-electron chi connectivity index (χ2n) is 7.10. The van der Waals surface area contributed by atoms with Crippen molar-refractivity contribution in [3.8, 4) is 0 Å². The highest BCUT2D eigenvalue weighted by Gasteiger charge is 2.50. The fourth-order valence-electron chi connectivity index (χ4n) is 4.08. The quantitative estimate of drug-likeness (QED) is 0.712. The molecular weight excluding hydrogens is 346 g/mol. The van der Waals surface area contributed by atoms with Gasteiger partial charge in [-0.25, -0.2) is 0 Å². The predicted molar refractivity (Wildman–Crippen MR) is 101 cm³/mol. The Morgan fingerprint density at radius 2 is 1.89 bits per heavy atom. The molecule has 0 unspecified atom stereocenters. The number of hydrogen-bond donors (Lipinski definition) is 2. The van der Waals surface area contributed by atoms with E-state index in [0.717, 1.165) is 18.7 Å². The fourth-order valence-corrected chi connectivity index (χ4v) is 4.08. The Morgan fingerprint density at radius 3 is 2.52 bits per heavy atom. The summed E-state index contributed by atoms with van der Waals surface area (Å²) in [6.07, 6.45) is 0.385.